The second-order valence-electron chi connectivity index (χ2n) is 6.38. The van der Waals surface area contributed by atoms with Crippen molar-refractivity contribution in [3.05, 3.63) is 29.8 Å². The van der Waals surface area contributed by atoms with Gasteiger partial charge < -0.3 is 14.8 Å². The number of methoxy groups -OCH3 is 1. The summed E-state index contributed by atoms with van der Waals surface area (Å²) in [6.45, 7) is 2.55. The Morgan fingerprint density at radius 2 is 2.04 bits per heavy atom. The van der Waals surface area contributed by atoms with Crippen LogP contribution in [0.25, 0.3) is 0 Å². The lowest BCUT2D eigenvalue weighted by Crippen LogP contribution is -2.59. The molecular formula is C18H26FNO3. The van der Waals surface area contributed by atoms with Gasteiger partial charge in [-0.25, -0.2) is 4.39 Å². The summed E-state index contributed by atoms with van der Waals surface area (Å²) in [5, 5.41) is 2.89. The van der Waals surface area contributed by atoms with Gasteiger partial charge in [0.1, 0.15) is 12.4 Å². The molecule has 128 valence electrons. The van der Waals surface area contributed by atoms with Crippen LogP contribution in [0.4, 0.5) is 4.39 Å². The molecule has 1 unspecified atom stereocenters. The predicted molar refractivity (Wildman–Crippen MR) is 87.4 cm³/mol. The fourth-order valence-electron chi connectivity index (χ4n) is 2.11. The van der Waals surface area contributed by atoms with Crippen molar-refractivity contribution in [3.63, 3.8) is 0 Å². The van der Waals surface area contributed by atoms with Gasteiger partial charge in [-0.3, -0.25) is 4.79 Å². The molecule has 0 amide bonds. The number of carbonyl (C=O) groups excluding carboxylic acids is 1. The summed E-state index contributed by atoms with van der Waals surface area (Å²) in [5.74, 6) is 0.182. The number of nitrogens with one attached hydrogen (secondary N) is 1. The fraction of sp³-hybridized carbons (Fsp3) is 0.611. The summed E-state index contributed by atoms with van der Waals surface area (Å²) >= 11 is 0. The number of hydrogen-bond acceptors (Lipinski definition) is 4. The molecule has 0 aromatic heterocycles. The Morgan fingerprint density at radius 3 is 2.57 bits per heavy atom. The number of ether oxygens (including phenoxy) is 2. The molecule has 1 N–H and O–H groups in total. The summed E-state index contributed by atoms with van der Waals surface area (Å²) in [6.07, 6.45) is 5.08. The molecule has 1 saturated heterocycles. The van der Waals surface area contributed by atoms with E-state index >= 15 is 0 Å². The van der Waals surface area contributed by atoms with E-state index < -0.39 is 5.67 Å². The van der Waals surface area contributed by atoms with Gasteiger partial charge in [0.05, 0.1) is 13.0 Å². The van der Waals surface area contributed by atoms with Gasteiger partial charge in [-0.15, -0.1) is 0 Å². The lowest BCUT2D eigenvalue weighted by Gasteiger charge is -2.34. The van der Waals surface area contributed by atoms with E-state index in [4.69, 9.17) is 9.47 Å². The minimum absolute atomic E-state index is 0.0516. The Kier molecular flexibility index (Phi) is 6.39. The van der Waals surface area contributed by atoms with Crippen LogP contribution in [0.5, 0.6) is 5.75 Å². The Bertz CT molecular complexity index is 512. The molecule has 2 aliphatic rings. The minimum atomic E-state index is -1.25. The molecule has 1 atom stereocenters. The average Bonchev–Trinajstić information content (AvgIpc) is 3.39. The van der Waals surface area contributed by atoms with Gasteiger partial charge >= 0.3 is 5.97 Å². The van der Waals surface area contributed by atoms with Crippen LogP contribution in [-0.4, -0.2) is 38.4 Å². The second-order valence-corrected chi connectivity index (χ2v) is 6.38. The van der Waals surface area contributed by atoms with Crippen molar-refractivity contribution in [2.24, 2.45) is 5.92 Å². The normalized spacial score (nSPS) is 18.7. The van der Waals surface area contributed by atoms with E-state index in [2.05, 4.69) is 5.32 Å². The summed E-state index contributed by atoms with van der Waals surface area (Å²) in [7, 11) is 1.38. The van der Waals surface area contributed by atoms with Crippen LogP contribution < -0.4 is 10.1 Å². The highest BCUT2D eigenvalue weighted by molar-refractivity contribution is 5.72. The van der Waals surface area contributed by atoms with E-state index in [-0.39, 0.29) is 18.5 Å². The van der Waals surface area contributed by atoms with Gasteiger partial charge in [0.25, 0.3) is 0 Å². The molecular weight excluding hydrogens is 297 g/mol. The number of halogens is 1. The summed E-state index contributed by atoms with van der Waals surface area (Å²) < 4.78 is 24.0. The van der Waals surface area contributed by atoms with Crippen molar-refractivity contribution in [3.8, 4) is 5.75 Å². The molecule has 3 rings (SSSR count). The highest BCUT2D eigenvalue weighted by atomic mass is 19.1. The average molecular weight is 323 g/mol. The molecule has 23 heavy (non-hydrogen) atoms. The molecule has 1 aromatic rings. The van der Waals surface area contributed by atoms with Crippen molar-refractivity contribution < 1.29 is 18.7 Å². The first-order valence-electron chi connectivity index (χ1n) is 8.22. The lowest BCUT2D eigenvalue weighted by molar-refractivity contribution is -0.144. The van der Waals surface area contributed by atoms with E-state index in [9.17, 15) is 9.18 Å². The zero-order valence-corrected chi connectivity index (χ0v) is 13.9. The topological polar surface area (TPSA) is 47.6 Å². The predicted octanol–water partition coefficient (Wildman–Crippen LogP) is 2.90. The van der Waals surface area contributed by atoms with Gasteiger partial charge in [0.2, 0.25) is 0 Å². The Hall–Kier alpha value is -1.62. The van der Waals surface area contributed by atoms with Crippen molar-refractivity contribution in [1.82, 2.24) is 5.32 Å². The first-order valence-corrected chi connectivity index (χ1v) is 8.22. The highest BCUT2D eigenvalue weighted by Crippen LogP contribution is 2.21. The van der Waals surface area contributed by atoms with Gasteiger partial charge in [0.15, 0.2) is 5.67 Å². The van der Waals surface area contributed by atoms with Crippen molar-refractivity contribution >= 4 is 5.97 Å². The maximum Gasteiger partial charge on any atom is 0.308 e. The number of esters is 1. The van der Waals surface area contributed by atoms with Crippen molar-refractivity contribution in [2.75, 3.05) is 26.8 Å². The van der Waals surface area contributed by atoms with Gasteiger partial charge in [-0.2, -0.15) is 0 Å². The van der Waals surface area contributed by atoms with Gasteiger partial charge in [-0.05, 0) is 24.1 Å². The molecule has 2 fully saturated rings. The molecule has 0 spiro atoms. The molecule has 1 aliphatic heterocycles. The Morgan fingerprint density at radius 1 is 1.35 bits per heavy atom. The van der Waals surface area contributed by atoms with E-state index in [0.717, 1.165) is 5.56 Å². The van der Waals surface area contributed by atoms with Crippen LogP contribution in [0.2, 0.25) is 0 Å². The first-order chi connectivity index (χ1) is 11.0. The number of carbonyl (C=O) groups is 1. The van der Waals surface area contributed by atoms with Gasteiger partial charge in [0, 0.05) is 13.1 Å². The van der Waals surface area contributed by atoms with Gasteiger partial charge in [-0.1, -0.05) is 38.3 Å². The number of alkyl halides is 1. The first kappa shape index (κ1) is 17.7. The summed E-state index contributed by atoms with van der Waals surface area (Å²) in [4.78, 5) is 11.4. The van der Waals surface area contributed by atoms with Crippen LogP contribution in [-0.2, 0) is 16.0 Å². The highest BCUT2D eigenvalue weighted by Gasteiger charge is 2.37. The molecule has 0 radical (unpaired) electrons. The van der Waals surface area contributed by atoms with Crippen molar-refractivity contribution in [2.45, 2.75) is 38.3 Å². The van der Waals surface area contributed by atoms with Crippen LogP contribution >= 0.6 is 0 Å². The number of hydrogen-bond donors (Lipinski definition) is 1. The van der Waals surface area contributed by atoms with Crippen molar-refractivity contribution in [1.29, 1.82) is 0 Å². The van der Waals surface area contributed by atoms with Crippen LogP contribution in [0.3, 0.4) is 0 Å². The zero-order chi connectivity index (χ0) is 16.7. The minimum Gasteiger partial charge on any atom is -0.490 e. The SMILES string of the molecule is C1CC1.COC(=O)C(C)Cc1cccc(OCC2(F)CNC2)c1. The number of benzene rings is 1. The monoisotopic (exact) mass is 323 g/mol. The third-order valence-electron chi connectivity index (χ3n) is 3.78. The second kappa shape index (κ2) is 8.29. The van der Waals surface area contributed by atoms with E-state index in [1.807, 2.05) is 25.1 Å². The molecule has 1 aliphatic carbocycles. The molecule has 5 heteroatoms. The maximum atomic E-state index is 13.8. The Labute approximate surface area is 137 Å². The molecule has 1 saturated carbocycles. The molecule has 1 aromatic carbocycles. The summed E-state index contributed by atoms with van der Waals surface area (Å²) in [5.41, 5.74) is -0.282. The standard InChI is InChI=1S/C15H20FNO3.C3H6/c1-11(14(18)19-2)6-12-4-3-5-13(7-12)20-10-15(16)8-17-9-15;1-2-3-1/h3-5,7,11,17H,6,8-10H2,1-2H3;1-3H2. The maximum absolute atomic E-state index is 13.8. The Balaban J connectivity index is 0.000000572. The zero-order valence-electron chi connectivity index (χ0n) is 13.9. The fourth-order valence-corrected chi connectivity index (χ4v) is 2.11. The molecule has 4 nitrogen and oxygen atoms in total. The van der Waals surface area contributed by atoms with Crippen LogP contribution in [0, 0.1) is 5.92 Å². The third kappa shape index (κ3) is 6.18. The van der Waals surface area contributed by atoms with Crippen LogP contribution in [0.15, 0.2) is 24.3 Å². The molecule has 1 heterocycles. The lowest BCUT2D eigenvalue weighted by atomic mass is 10.0. The smallest absolute Gasteiger partial charge is 0.308 e. The van der Waals surface area contributed by atoms with E-state index in [0.29, 0.717) is 25.3 Å². The van der Waals surface area contributed by atoms with E-state index in [1.54, 1.807) is 6.07 Å². The largest absolute Gasteiger partial charge is 0.490 e. The van der Waals surface area contributed by atoms with E-state index in [1.165, 1.54) is 26.4 Å². The quantitative estimate of drug-likeness (QED) is 0.818. The summed E-state index contributed by atoms with van der Waals surface area (Å²) in [6, 6.07) is 7.40. The third-order valence-corrected chi connectivity index (χ3v) is 3.78. The molecule has 0 bridgehead atoms. The number of rotatable bonds is 6. The van der Waals surface area contributed by atoms with Crippen LogP contribution in [0.1, 0.15) is 31.7 Å².